The number of benzene rings is 1. The summed E-state index contributed by atoms with van der Waals surface area (Å²) in [6.07, 6.45) is 3.25. The second-order valence-corrected chi connectivity index (χ2v) is 6.21. The minimum Gasteiger partial charge on any atom is -0.361 e. The van der Waals surface area contributed by atoms with Crippen LogP contribution >= 0.6 is 11.6 Å². The highest BCUT2D eigenvalue weighted by molar-refractivity contribution is 6.31. The molecule has 2 N–H and O–H groups in total. The molecular weight excluding hydrogens is 354 g/mol. The fraction of sp³-hybridized carbons (Fsp3) is 0.111. The predicted octanol–water partition coefficient (Wildman–Crippen LogP) is 3.55. The van der Waals surface area contributed by atoms with Gasteiger partial charge < -0.3 is 14.8 Å². The van der Waals surface area contributed by atoms with E-state index < -0.39 is 0 Å². The number of aromatic nitrogens is 4. The number of nitrogens with one attached hydrogen (secondary N) is 2. The van der Waals surface area contributed by atoms with Gasteiger partial charge in [0, 0.05) is 34.2 Å². The zero-order valence-electron chi connectivity index (χ0n) is 13.8. The molecule has 0 bridgehead atoms. The molecule has 0 radical (unpaired) electrons. The molecule has 0 spiro atoms. The normalized spacial score (nSPS) is 11.0. The number of aromatic amines is 1. The quantitative estimate of drug-likeness (QED) is 0.572. The minimum atomic E-state index is -0.168. The van der Waals surface area contributed by atoms with Gasteiger partial charge in [0.1, 0.15) is 5.76 Å². The summed E-state index contributed by atoms with van der Waals surface area (Å²) in [4.78, 5) is 23.7. The third kappa shape index (κ3) is 3.16. The Morgan fingerprint density at radius 1 is 1.27 bits per heavy atom. The summed E-state index contributed by atoms with van der Waals surface area (Å²) in [6, 6.07) is 8.91. The van der Waals surface area contributed by atoms with Crippen molar-refractivity contribution in [1.82, 2.24) is 20.1 Å². The summed E-state index contributed by atoms with van der Waals surface area (Å²) in [5.74, 6) is 1.09. The van der Waals surface area contributed by atoms with Crippen LogP contribution in [0, 0.1) is 6.92 Å². The van der Waals surface area contributed by atoms with Gasteiger partial charge in [-0.15, -0.1) is 0 Å². The van der Waals surface area contributed by atoms with Crippen LogP contribution in [0.5, 0.6) is 0 Å². The zero-order valence-corrected chi connectivity index (χ0v) is 14.5. The molecule has 4 aromatic rings. The van der Waals surface area contributed by atoms with Crippen LogP contribution in [0.2, 0.25) is 5.02 Å². The molecule has 0 aliphatic rings. The highest BCUT2D eigenvalue weighted by Crippen LogP contribution is 2.21. The van der Waals surface area contributed by atoms with Gasteiger partial charge in [0.2, 0.25) is 5.95 Å². The number of aryl methyl sites for hydroxylation is 1. The molecule has 0 saturated carbocycles. The Hall–Kier alpha value is -3.19. The van der Waals surface area contributed by atoms with E-state index in [-0.39, 0.29) is 12.1 Å². The predicted molar refractivity (Wildman–Crippen MR) is 99.2 cm³/mol. The molecule has 1 aromatic carbocycles. The van der Waals surface area contributed by atoms with E-state index in [0.29, 0.717) is 28.0 Å². The van der Waals surface area contributed by atoms with Crippen molar-refractivity contribution in [3.63, 3.8) is 0 Å². The SMILES string of the molecule is Cc1oncc1-c1ccnc(NCc2cc3cc(Cl)ccc3[nH]c2=O)n1. The van der Waals surface area contributed by atoms with Gasteiger partial charge in [-0.25, -0.2) is 9.97 Å². The number of hydrogen-bond acceptors (Lipinski definition) is 6. The maximum absolute atomic E-state index is 12.2. The van der Waals surface area contributed by atoms with Gasteiger partial charge in [-0.3, -0.25) is 4.79 Å². The van der Waals surface area contributed by atoms with Crippen LogP contribution in [-0.2, 0) is 6.54 Å². The van der Waals surface area contributed by atoms with Crippen molar-refractivity contribution < 1.29 is 4.52 Å². The molecule has 0 amide bonds. The van der Waals surface area contributed by atoms with Crippen molar-refractivity contribution in [2.75, 3.05) is 5.32 Å². The average Bonchev–Trinajstić information content (AvgIpc) is 3.06. The zero-order chi connectivity index (χ0) is 18.1. The molecular formula is C18H14ClN5O2. The van der Waals surface area contributed by atoms with Crippen LogP contribution in [-0.4, -0.2) is 20.1 Å². The second kappa shape index (κ2) is 6.61. The lowest BCUT2D eigenvalue weighted by molar-refractivity contribution is 0.398. The molecule has 0 fully saturated rings. The van der Waals surface area contributed by atoms with Crippen LogP contribution in [0.15, 0.2) is 52.0 Å². The van der Waals surface area contributed by atoms with Gasteiger partial charge in [0.15, 0.2) is 0 Å². The van der Waals surface area contributed by atoms with E-state index in [0.717, 1.165) is 16.5 Å². The van der Waals surface area contributed by atoms with E-state index in [1.807, 2.05) is 13.0 Å². The van der Waals surface area contributed by atoms with Gasteiger partial charge >= 0.3 is 0 Å². The standard InChI is InChI=1S/C18H14ClN5O2/c1-10-14(9-22-26-10)16-4-5-20-18(24-16)21-8-12-6-11-7-13(19)2-3-15(11)23-17(12)25/h2-7,9H,8H2,1H3,(H,23,25)(H,20,21,24). The Bertz CT molecular complexity index is 1150. The molecule has 130 valence electrons. The van der Waals surface area contributed by atoms with Crippen molar-refractivity contribution in [1.29, 1.82) is 0 Å². The Balaban J connectivity index is 1.60. The summed E-state index contributed by atoms with van der Waals surface area (Å²) in [6.45, 7) is 2.10. The molecule has 0 atom stereocenters. The molecule has 8 heteroatoms. The van der Waals surface area contributed by atoms with Gasteiger partial charge in [0.25, 0.3) is 5.56 Å². The third-order valence-corrected chi connectivity index (χ3v) is 4.24. The number of rotatable bonds is 4. The highest BCUT2D eigenvalue weighted by Gasteiger charge is 2.09. The number of pyridine rings is 1. The monoisotopic (exact) mass is 367 g/mol. The molecule has 26 heavy (non-hydrogen) atoms. The van der Waals surface area contributed by atoms with Gasteiger partial charge in [-0.05, 0) is 37.3 Å². The average molecular weight is 368 g/mol. The molecule has 0 aliphatic carbocycles. The van der Waals surface area contributed by atoms with Crippen LogP contribution < -0.4 is 10.9 Å². The van der Waals surface area contributed by atoms with E-state index in [4.69, 9.17) is 16.1 Å². The first-order chi connectivity index (χ1) is 12.6. The maximum atomic E-state index is 12.2. The lowest BCUT2D eigenvalue weighted by atomic mass is 10.1. The van der Waals surface area contributed by atoms with E-state index in [1.165, 1.54) is 0 Å². The van der Waals surface area contributed by atoms with Crippen LogP contribution in [0.4, 0.5) is 5.95 Å². The topological polar surface area (TPSA) is 96.7 Å². The van der Waals surface area contributed by atoms with Crippen LogP contribution in [0.25, 0.3) is 22.2 Å². The highest BCUT2D eigenvalue weighted by atomic mass is 35.5. The number of H-pyrrole nitrogens is 1. The van der Waals surface area contributed by atoms with Gasteiger partial charge in [-0.1, -0.05) is 16.8 Å². The Morgan fingerprint density at radius 3 is 2.96 bits per heavy atom. The summed E-state index contributed by atoms with van der Waals surface area (Å²) in [7, 11) is 0. The molecule has 0 aliphatic heterocycles. The second-order valence-electron chi connectivity index (χ2n) is 5.77. The van der Waals surface area contributed by atoms with Crippen molar-refractivity contribution in [3.8, 4) is 11.3 Å². The van der Waals surface area contributed by atoms with E-state index in [9.17, 15) is 4.79 Å². The Morgan fingerprint density at radius 2 is 2.15 bits per heavy atom. The van der Waals surface area contributed by atoms with Crippen molar-refractivity contribution in [2.24, 2.45) is 0 Å². The summed E-state index contributed by atoms with van der Waals surface area (Å²) in [5.41, 5.74) is 2.63. The first-order valence-electron chi connectivity index (χ1n) is 7.90. The molecule has 0 unspecified atom stereocenters. The lowest BCUT2D eigenvalue weighted by Gasteiger charge is -2.07. The van der Waals surface area contributed by atoms with Gasteiger partial charge in [-0.2, -0.15) is 0 Å². The number of nitrogens with zero attached hydrogens (tertiary/aromatic N) is 3. The fourth-order valence-electron chi connectivity index (χ4n) is 2.67. The van der Waals surface area contributed by atoms with E-state index in [1.54, 1.807) is 36.7 Å². The first-order valence-corrected chi connectivity index (χ1v) is 8.28. The molecule has 0 saturated heterocycles. The smallest absolute Gasteiger partial charge is 0.253 e. The molecule has 3 heterocycles. The summed E-state index contributed by atoms with van der Waals surface area (Å²) >= 11 is 6.02. The van der Waals surface area contributed by atoms with Crippen molar-refractivity contribution in [3.05, 3.63) is 69.4 Å². The third-order valence-electron chi connectivity index (χ3n) is 4.00. The summed E-state index contributed by atoms with van der Waals surface area (Å²) in [5, 5.41) is 8.31. The Kier molecular flexibility index (Phi) is 4.14. The molecule has 3 aromatic heterocycles. The molecule has 4 rings (SSSR count). The van der Waals surface area contributed by atoms with Gasteiger partial charge in [0.05, 0.1) is 17.5 Å². The molecule has 7 nitrogen and oxygen atoms in total. The fourth-order valence-corrected chi connectivity index (χ4v) is 2.85. The van der Waals surface area contributed by atoms with Crippen molar-refractivity contribution in [2.45, 2.75) is 13.5 Å². The largest absolute Gasteiger partial charge is 0.361 e. The van der Waals surface area contributed by atoms with Crippen LogP contribution in [0.3, 0.4) is 0 Å². The maximum Gasteiger partial charge on any atom is 0.253 e. The minimum absolute atomic E-state index is 0.168. The van der Waals surface area contributed by atoms with E-state index >= 15 is 0 Å². The summed E-state index contributed by atoms with van der Waals surface area (Å²) < 4.78 is 5.07. The number of halogens is 1. The van der Waals surface area contributed by atoms with Crippen molar-refractivity contribution >= 4 is 28.5 Å². The lowest BCUT2D eigenvalue weighted by Crippen LogP contribution is -2.16. The van der Waals surface area contributed by atoms with Crippen LogP contribution in [0.1, 0.15) is 11.3 Å². The van der Waals surface area contributed by atoms with E-state index in [2.05, 4.69) is 25.4 Å². The number of anilines is 1. The first kappa shape index (κ1) is 16.3. The number of hydrogen-bond donors (Lipinski definition) is 2. The Labute approximate surface area is 153 Å². The number of fused-ring (bicyclic) bond motifs is 1.